The van der Waals surface area contributed by atoms with Crippen molar-refractivity contribution in [3.05, 3.63) is 41.2 Å². The van der Waals surface area contributed by atoms with Crippen molar-refractivity contribution < 1.29 is 0 Å². The van der Waals surface area contributed by atoms with Gasteiger partial charge in [0.2, 0.25) is 0 Å². The summed E-state index contributed by atoms with van der Waals surface area (Å²) in [5, 5.41) is 8.80. The van der Waals surface area contributed by atoms with E-state index in [-0.39, 0.29) is 6.04 Å². The van der Waals surface area contributed by atoms with Crippen molar-refractivity contribution in [3.8, 4) is 5.69 Å². The predicted molar refractivity (Wildman–Crippen MR) is 63.7 cm³/mol. The average Bonchev–Trinajstić information content (AvgIpc) is 2.66. The Morgan fingerprint density at radius 3 is 2.69 bits per heavy atom. The minimum atomic E-state index is 0.0929. The summed E-state index contributed by atoms with van der Waals surface area (Å²) in [6.45, 7) is 1.95. The molecule has 0 saturated heterocycles. The third kappa shape index (κ3) is 2.59. The Morgan fingerprint density at radius 2 is 2.06 bits per heavy atom. The molecule has 0 radical (unpaired) electrons. The van der Waals surface area contributed by atoms with Crippen LogP contribution in [0.1, 0.15) is 12.6 Å². The molecule has 4 nitrogen and oxygen atoms in total. The molecule has 0 saturated carbocycles. The van der Waals surface area contributed by atoms with Gasteiger partial charge in [-0.25, -0.2) is 4.68 Å². The Balaban J connectivity index is 2.21. The Morgan fingerprint density at radius 1 is 1.38 bits per heavy atom. The summed E-state index contributed by atoms with van der Waals surface area (Å²) in [7, 11) is 0. The van der Waals surface area contributed by atoms with E-state index >= 15 is 0 Å². The third-order valence-corrected chi connectivity index (χ3v) is 2.42. The highest BCUT2D eigenvalue weighted by molar-refractivity contribution is 6.30. The van der Waals surface area contributed by atoms with Crippen LogP contribution in [0.3, 0.4) is 0 Å². The zero-order valence-corrected chi connectivity index (χ0v) is 9.72. The van der Waals surface area contributed by atoms with E-state index in [2.05, 4.69) is 10.3 Å². The molecule has 1 aromatic carbocycles. The SMILES string of the molecule is CC(N)Cc1cn(-c2ccc(Cl)cc2)nn1. The van der Waals surface area contributed by atoms with Crippen molar-refractivity contribution in [3.63, 3.8) is 0 Å². The van der Waals surface area contributed by atoms with Gasteiger partial charge in [0, 0.05) is 17.5 Å². The third-order valence-electron chi connectivity index (χ3n) is 2.16. The highest BCUT2D eigenvalue weighted by Crippen LogP contribution is 2.12. The molecular formula is C11H13ClN4. The normalized spacial score (nSPS) is 12.7. The Bertz CT molecular complexity index is 461. The molecule has 5 heteroatoms. The van der Waals surface area contributed by atoms with Crippen LogP contribution in [-0.4, -0.2) is 21.0 Å². The van der Waals surface area contributed by atoms with E-state index in [1.54, 1.807) is 4.68 Å². The van der Waals surface area contributed by atoms with Gasteiger partial charge in [-0.2, -0.15) is 0 Å². The summed E-state index contributed by atoms with van der Waals surface area (Å²) in [5.41, 5.74) is 7.53. The van der Waals surface area contributed by atoms with E-state index in [1.165, 1.54) is 0 Å². The van der Waals surface area contributed by atoms with Crippen molar-refractivity contribution in [2.24, 2.45) is 5.73 Å². The number of hydrogen-bond donors (Lipinski definition) is 1. The van der Waals surface area contributed by atoms with Gasteiger partial charge in [-0.1, -0.05) is 16.8 Å². The van der Waals surface area contributed by atoms with E-state index in [4.69, 9.17) is 17.3 Å². The number of hydrogen-bond acceptors (Lipinski definition) is 3. The molecule has 1 aromatic heterocycles. The van der Waals surface area contributed by atoms with Gasteiger partial charge in [-0.15, -0.1) is 5.10 Å². The molecule has 0 bridgehead atoms. The van der Waals surface area contributed by atoms with Crippen LogP contribution in [0.15, 0.2) is 30.5 Å². The molecule has 2 N–H and O–H groups in total. The summed E-state index contributed by atoms with van der Waals surface area (Å²) in [5.74, 6) is 0. The zero-order chi connectivity index (χ0) is 11.5. The Labute approximate surface area is 99.0 Å². The largest absolute Gasteiger partial charge is 0.328 e. The monoisotopic (exact) mass is 236 g/mol. The second kappa shape index (κ2) is 4.63. The molecule has 2 aromatic rings. The van der Waals surface area contributed by atoms with Crippen LogP contribution in [0.2, 0.25) is 5.02 Å². The lowest BCUT2D eigenvalue weighted by Crippen LogP contribution is -2.17. The second-order valence-corrected chi connectivity index (χ2v) is 4.25. The molecule has 1 atom stereocenters. The fourth-order valence-corrected chi connectivity index (χ4v) is 1.57. The molecule has 16 heavy (non-hydrogen) atoms. The second-order valence-electron chi connectivity index (χ2n) is 3.81. The molecule has 1 unspecified atom stereocenters. The molecule has 2 rings (SSSR count). The highest BCUT2D eigenvalue weighted by atomic mass is 35.5. The quantitative estimate of drug-likeness (QED) is 0.884. The molecule has 0 fully saturated rings. The van der Waals surface area contributed by atoms with Gasteiger partial charge in [0.25, 0.3) is 0 Å². The van der Waals surface area contributed by atoms with E-state index in [0.717, 1.165) is 17.8 Å². The van der Waals surface area contributed by atoms with Gasteiger partial charge < -0.3 is 5.73 Å². The van der Waals surface area contributed by atoms with Crippen molar-refractivity contribution in [1.29, 1.82) is 0 Å². The minimum Gasteiger partial charge on any atom is -0.328 e. The Hall–Kier alpha value is -1.39. The highest BCUT2D eigenvalue weighted by Gasteiger charge is 2.04. The number of nitrogens with zero attached hydrogens (tertiary/aromatic N) is 3. The first-order valence-corrected chi connectivity index (χ1v) is 5.45. The van der Waals surface area contributed by atoms with Crippen LogP contribution < -0.4 is 5.73 Å². The van der Waals surface area contributed by atoms with Gasteiger partial charge in [-0.3, -0.25) is 0 Å². The molecule has 0 spiro atoms. The zero-order valence-electron chi connectivity index (χ0n) is 8.97. The smallest absolute Gasteiger partial charge is 0.0847 e. The lowest BCUT2D eigenvalue weighted by molar-refractivity contribution is 0.716. The summed E-state index contributed by atoms with van der Waals surface area (Å²) < 4.78 is 1.72. The first kappa shape index (κ1) is 11.1. The summed E-state index contributed by atoms with van der Waals surface area (Å²) in [6, 6.07) is 7.53. The maximum absolute atomic E-state index is 5.81. The lowest BCUT2D eigenvalue weighted by Gasteiger charge is -2.00. The number of rotatable bonds is 3. The number of nitrogens with two attached hydrogens (primary N) is 1. The average molecular weight is 237 g/mol. The first-order valence-electron chi connectivity index (χ1n) is 5.08. The van der Waals surface area contributed by atoms with Crippen LogP contribution >= 0.6 is 11.6 Å². The van der Waals surface area contributed by atoms with Crippen molar-refractivity contribution in [2.75, 3.05) is 0 Å². The molecular weight excluding hydrogens is 224 g/mol. The molecule has 0 aliphatic heterocycles. The van der Waals surface area contributed by atoms with Crippen molar-refractivity contribution in [2.45, 2.75) is 19.4 Å². The van der Waals surface area contributed by atoms with Crippen LogP contribution in [-0.2, 0) is 6.42 Å². The fourth-order valence-electron chi connectivity index (χ4n) is 1.44. The Kier molecular flexibility index (Phi) is 3.22. The topological polar surface area (TPSA) is 56.7 Å². The predicted octanol–water partition coefficient (Wildman–Crippen LogP) is 1.81. The first-order chi connectivity index (χ1) is 7.65. The summed E-state index contributed by atoms with van der Waals surface area (Å²) in [6.07, 6.45) is 2.61. The molecule has 84 valence electrons. The van der Waals surface area contributed by atoms with E-state index in [0.29, 0.717) is 5.02 Å². The van der Waals surface area contributed by atoms with Crippen LogP contribution in [0.5, 0.6) is 0 Å². The molecule has 1 heterocycles. The maximum Gasteiger partial charge on any atom is 0.0847 e. The van der Waals surface area contributed by atoms with E-state index in [1.807, 2.05) is 37.4 Å². The van der Waals surface area contributed by atoms with Gasteiger partial charge in [-0.05, 0) is 31.2 Å². The standard InChI is InChI=1S/C11H13ClN4/c1-8(13)6-10-7-16(15-14-10)11-4-2-9(12)3-5-11/h2-5,7-8H,6,13H2,1H3. The molecule has 0 aliphatic carbocycles. The van der Waals surface area contributed by atoms with Crippen molar-refractivity contribution >= 4 is 11.6 Å². The van der Waals surface area contributed by atoms with Crippen LogP contribution in [0.4, 0.5) is 0 Å². The summed E-state index contributed by atoms with van der Waals surface area (Å²) in [4.78, 5) is 0. The van der Waals surface area contributed by atoms with E-state index in [9.17, 15) is 0 Å². The number of halogens is 1. The number of benzene rings is 1. The van der Waals surface area contributed by atoms with Gasteiger partial charge in [0.05, 0.1) is 17.6 Å². The lowest BCUT2D eigenvalue weighted by atomic mass is 10.2. The summed E-state index contributed by atoms with van der Waals surface area (Å²) >= 11 is 5.81. The minimum absolute atomic E-state index is 0.0929. The van der Waals surface area contributed by atoms with Gasteiger partial charge in [0.15, 0.2) is 0 Å². The fraction of sp³-hybridized carbons (Fsp3) is 0.273. The maximum atomic E-state index is 5.81. The van der Waals surface area contributed by atoms with Crippen LogP contribution in [0, 0.1) is 0 Å². The molecule has 0 aliphatic rings. The van der Waals surface area contributed by atoms with Gasteiger partial charge in [0.1, 0.15) is 0 Å². The number of aromatic nitrogens is 3. The van der Waals surface area contributed by atoms with Crippen LogP contribution in [0.25, 0.3) is 5.69 Å². The molecule has 0 amide bonds. The van der Waals surface area contributed by atoms with E-state index < -0.39 is 0 Å². The van der Waals surface area contributed by atoms with Crippen molar-refractivity contribution in [1.82, 2.24) is 15.0 Å². The van der Waals surface area contributed by atoms with Gasteiger partial charge >= 0.3 is 0 Å².